The molecule has 0 aromatic carbocycles. The van der Waals surface area contributed by atoms with Crippen molar-refractivity contribution < 1.29 is 32.4 Å². The average molecular weight is 584 g/mol. The molecule has 3 aromatic heterocycles. The van der Waals surface area contributed by atoms with Gasteiger partial charge in [0, 0.05) is 29.8 Å². The first-order valence-corrected chi connectivity index (χ1v) is 15.4. The summed E-state index contributed by atoms with van der Waals surface area (Å²) in [6.45, 7) is 7.35. The smallest absolute Gasteiger partial charge is 0.352 e. The van der Waals surface area contributed by atoms with Crippen molar-refractivity contribution in [3.8, 4) is 22.8 Å². The van der Waals surface area contributed by atoms with Gasteiger partial charge in [0.25, 0.3) is 5.91 Å². The molecule has 212 valence electrons. The van der Waals surface area contributed by atoms with Gasteiger partial charge in [0.05, 0.1) is 43.2 Å². The van der Waals surface area contributed by atoms with Gasteiger partial charge in [-0.3, -0.25) is 18.7 Å². The zero-order valence-electron chi connectivity index (χ0n) is 22.1. The highest BCUT2D eigenvalue weighted by atomic mass is 31.2. The highest BCUT2D eigenvalue weighted by Crippen LogP contribution is 2.48. The Morgan fingerprint density at radius 2 is 1.54 bits per heavy atom. The number of rotatable bonds is 17. The zero-order chi connectivity index (χ0) is 28.3. The Hall–Kier alpha value is -2.93. The second-order valence-corrected chi connectivity index (χ2v) is 11.1. The van der Waals surface area contributed by atoms with Crippen LogP contribution in [0.4, 0.5) is 0 Å². The summed E-state index contributed by atoms with van der Waals surface area (Å²) in [7, 11) is -5.79. The predicted octanol–water partition coefficient (Wildman–Crippen LogP) is 3.06. The van der Waals surface area contributed by atoms with Crippen LogP contribution < -0.4 is 5.32 Å². The van der Waals surface area contributed by atoms with Gasteiger partial charge in [0.15, 0.2) is 0 Å². The van der Waals surface area contributed by atoms with Crippen LogP contribution in [0.2, 0.25) is 0 Å². The van der Waals surface area contributed by atoms with Crippen LogP contribution in [0.3, 0.4) is 0 Å². The Morgan fingerprint density at radius 3 is 2.05 bits per heavy atom. The molecule has 0 saturated carbocycles. The molecule has 0 aliphatic carbocycles. The van der Waals surface area contributed by atoms with E-state index in [1.165, 1.54) is 0 Å². The first-order valence-electron chi connectivity index (χ1n) is 12.5. The Morgan fingerprint density at radius 1 is 0.974 bits per heavy atom. The summed E-state index contributed by atoms with van der Waals surface area (Å²) in [5, 5.41) is 19.4. The lowest BCUT2D eigenvalue weighted by Gasteiger charge is -2.16. The van der Waals surface area contributed by atoms with Crippen LogP contribution in [0, 0.1) is 0 Å². The third-order valence-corrected chi connectivity index (χ3v) is 7.80. The molecule has 3 aromatic rings. The van der Waals surface area contributed by atoms with E-state index >= 15 is 0 Å². The Kier molecular flexibility index (Phi) is 11.8. The van der Waals surface area contributed by atoms with Gasteiger partial charge in [-0.05, 0) is 45.7 Å². The van der Waals surface area contributed by atoms with E-state index in [2.05, 4.69) is 35.4 Å². The van der Waals surface area contributed by atoms with E-state index in [0.717, 1.165) is 0 Å². The summed E-state index contributed by atoms with van der Waals surface area (Å²) in [5.74, 6) is -0.278. The fraction of sp³-hybridized carbons (Fsp3) is 0.545. The molecule has 1 unspecified atom stereocenters. The number of carbonyl (C=O) groups is 1. The molecular formula is C22H33N8O7P2+. The fourth-order valence-corrected chi connectivity index (χ4v) is 5.53. The van der Waals surface area contributed by atoms with E-state index < -0.39 is 15.9 Å². The van der Waals surface area contributed by atoms with E-state index in [1.807, 2.05) is 6.92 Å². The lowest BCUT2D eigenvalue weighted by Crippen LogP contribution is -2.22. The average Bonchev–Trinajstić information content (AvgIpc) is 3.57. The van der Waals surface area contributed by atoms with Crippen molar-refractivity contribution in [3.63, 3.8) is 0 Å². The van der Waals surface area contributed by atoms with Crippen LogP contribution in [-0.2, 0) is 35.8 Å². The molecular weight excluding hydrogens is 550 g/mol. The first kappa shape index (κ1) is 30.6. The predicted molar refractivity (Wildman–Crippen MR) is 141 cm³/mol. The van der Waals surface area contributed by atoms with E-state index in [1.54, 1.807) is 47.7 Å². The van der Waals surface area contributed by atoms with Crippen LogP contribution >= 0.6 is 15.9 Å². The van der Waals surface area contributed by atoms with Gasteiger partial charge in [-0.2, -0.15) is 0 Å². The van der Waals surface area contributed by atoms with Gasteiger partial charge < -0.3 is 14.4 Å². The molecule has 39 heavy (non-hydrogen) atoms. The number of hydrogen-bond donors (Lipinski definition) is 2. The Balaban J connectivity index is 1.78. The number of aromatic nitrogens is 7. The maximum absolute atomic E-state index is 12.7. The number of carbonyl (C=O) groups excluding carboxylic acids is 1. The number of nitrogens with one attached hydrogen (secondary N) is 1. The molecule has 1 amide bonds. The van der Waals surface area contributed by atoms with Crippen molar-refractivity contribution in [2.75, 3.05) is 32.5 Å². The number of hydrogen-bond acceptors (Lipinski definition) is 11. The number of aryl methyl sites for hydroxylation is 2. The fourth-order valence-electron chi connectivity index (χ4n) is 3.59. The van der Waals surface area contributed by atoms with Crippen LogP contribution in [0.5, 0.6) is 0 Å². The molecule has 0 radical (unpaired) electrons. The van der Waals surface area contributed by atoms with Crippen LogP contribution in [0.25, 0.3) is 22.8 Å². The summed E-state index contributed by atoms with van der Waals surface area (Å²) in [5.41, 5.74) is 2.09. The van der Waals surface area contributed by atoms with Gasteiger partial charge in [-0.25, -0.2) is 4.98 Å². The Bertz CT molecular complexity index is 1290. The third kappa shape index (κ3) is 9.34. The maximum atomic E-state index is 12.7. The lowest BCUT2D eigenvalue weighted by molar-refractivity contribution is 0.0955. The maximum Gasteiger partial charge on any atom is 0.694 e. The van der Waals surface area contributed by atoms with E-state index in [9.17, 15) is 13.9 Å². The standard InChI is InChI=1S/C22H32N8O7P2/c1-4-23-22(31)17-13-18(20-15-29(27-25-20)9-7-11-35-38(32)33)24-19(14-17)21-16-30(28-26-21)10-8-12-39(34,36-5-2)37-6-3/h13-16H,4-12H2,1-3H3,(H-,23,31,32,33)/p+1. The van der Waals surface area contributed by atoms with Crippen LogP contribution in [-0.4, -0.2) is 78.3 Å². The summed E-state index contributed by atoms with van der Waals surface area (Å²) >= 11 is 0. The van der Waals surface area contributed by atoms with Crippen molar-refractivity contribution in [1.29, 1.82) is 0 Å². The zero-order valence-corrected chi connectivity index (χ0v) is 23.9. The van der Waals surface area contributed by atoms with E-state index in [0.29, 0.717) is 74.0 Å². The second kappa shape index (κ2) is 15.0. The molecule has 0 aliphatic heterocycles. The quantitative estimate of drug-likeness (QED) is 0.175. The molecule has 0 bridgehead atoms. The highest BCUT2D eigenvalue weighted by molar-refractivity contribution is 7.53. The SMILES string of the molecule is CCNC(=O)c1cc(-c2cn(CCCO[P+](=O)O)nn2)nc(-c2cn(CCCP(=O)(OCC)OCC)nn2)c1. The minimum Gasteiger partial charge on any atom is -0.352 e. The van der Waals surface area contributed by atoms with Gasteiger partial charge in [0.2, 0.25) is 0 Å². The van der Waals surface area contributed by atoms with Gasteiger partial charge in [-0.1, -0.05) is 10.4 Å². The van der Waals surface area contributed by atoms with Crippen molar-refractivity contribution >= 4 is 21.8 Å². The van der Waals surface area contributed by atoms with Crippen molar-refractivity contribution in [1.82, 2.24) is 40.3 Å². The van der Waals surface area contributed by atoms with Crippen molar-refractivity contribution in [2.45, 2.75) is 46.7 Å². The molecule has 15 nitrogen and oxygen atoms in total. The number of pyridine rings is 1. The van der Waals surface area contributed by atoms with Gasteiger partial charge in [0.1, 0.15) is 18.0 Å². The number of amides is 1. The minimum absolute atomic E-state index is 0.0977. The first-order chi connectivity index (χ1) is 18.8. The molecule has 3 heterocycles. The van der Waals surface area contributed by atoms with Crippen LogP contribution in [0.15, 0.2) is 24.5 Å². The topological polar surface area (TPSA) is 185 Å². The minimum atomic E-state index is -3.15. The molecule has 3 rings (SSSR count). The molecule has 17 heteroatoms. The molecule has 0 fully saturated rings. The molecule has 0 saturated heterocycles. The lowest BCUT2D eigenvalue weighted by atomic mass is 10.1. The highest BCUT2D eigenvalue weighted by Gasteiger charge is 2.23. The van der Waals surface area contributed by atoms with Crippen molar-refractivity contribution in [3.05, 3.63) is 30.1 Å². The third-order valence-electron chi connectivity index (χ3n) is 5.23. The summed E-state index contributed by atoms with van der Waals surface area (Å²) in [4.78, 5) is 26.0. The van der Waals surface area contributed by atoms with Gasteiger partial charge in [-0.15, -0.1) is 19.6 Å². The van der Waals surface area contributed by atoms with Crippen molar-refractivity contribution in [2.24, 2.45) is 0 Å². The largest absolute Gasteiger partial charge is 0.694 e. The van der Waals surface area contributed by atoms with E-state index in [4.69, 9.17) is 13.9 Å². The monoisotopic (exact) mass is 583 g/mol. The summed E-state index contributed by atoms with van der Waals surface area (Å²) in [6.07, 6.45) is 4.57. The normalized spacial score (nSPS) is 12.1. The van der Waals surface area contributed by atoms with Gasteiger partial charge >= 0.3 is 15.9 Å². The molecule has 2 N–H and O–H groups in total. The van der Waals surface area contributed by atoms with Crippen LogP contribution in [0.1, 0.15) is 44.0 Å². The molecule has 0 aliphatic rings. The summed E-state index contributed by atoms with van der Waals surface area (Å²) in [6, 6.07) is 3.24. The Labute approximate surface area is 226 Å². The molecule has 1 atom stereocenters. The second-order valence-electron chi connectivity index (χ2n) is 8.17. The summed E-state index contributed by atoms with van der Waals surface area (Å²) < 4.78 is 41.8. The molecule has 0 spiro atoms. The van der Waals surface area contributed by atoms with E-state index in [-0.39, 0.29) is 18.7 Å². The number of nitrogens with zero attached hydrogens (tertiary/aromatic N) is 7.